The van der Waals surface area contributed by atoms with Gasteiger partial charge < -0.3 is 42.7 Å². The number of carbonyl (C=O) groups excluding carboxylic acids is 3. The molecule has 0 rings (SSSR count). The molecule has 0 saturated carbocycles. The van der Waals surface area contributed by atoms with Crippen molar-refractivity contribution >= 4 is 48.3 Å². The lowest BCUT2D eigenvalue weighted by atomic mass is 10.1. The van der Waals surface area contributed by atoms with Crippen LogP contribution in [0.25, 0.3) is 0 Å². The third-order valence-electron chi connectivity index (χ3n) is 4.39. The lowest BCUT2D eigenvalue weighted by Gasteiger charge is -2.24. The molecule has 0 saturated heterocycles. The molecule has 0 fully saturated rings. The largest absolute Gasteiger partial charge is 0.481 e. The van der Waals surface area contributed by atoms with Crippen LogP contribution in [0.4, 0.5) is 0 Å². The molecule has 0 aromatic rings. The Kier molecular flexibility index (Phi) is 14.4. The van der Waals surface area contributed by atoms with Crippen molar-refractivity contribution in [3.8, 4) is 0 Å². The fraction of sp³-hybridized carbons (Fsp3) is 0.667. The van der Waals surface area contributed by atoms with E-state index in [0.29, 0.717) is 19.4 Å². The molecule has 0 radical (unpaired) electrons. The summed E-state index contributed by atoms with van der Waals surface area (Å²) in [6.07, 6.45) is -0.552. The molecule has 0 aromatic heterocycles. The molecule has 15 heteroatoms. The quantitative estimate of drug-likeness (QED) is 0.0741. The molecule has 4 atom stereocenters. The predicted octanol–water partition coefficient (Wildman–Crippen LogP) is -2.75. The summed E-state index contributed by atoms with van der Waals surface area (Å²) in [6.45, 7) is 0.310. The van der Waals surface area contributed by atoms with Crippen LogP contribution in [0.15, 0.2) is 0 Å². The van der Waals surface area contributed by atoms with E-state index in [9.17, 15) is 28.8 Å². The molecule has 33 heavy (non-hydrogen) atoms. The third kappa shape index (κ3) is 12.6. The standard InChI is InChI=1S/C18H31N5O9S/c19-6-2-1-3-10(21-15(28)9(20)7-14(26)27)16(29)22-11(4-5-13(24)25)17(30)23-12(8-33)18(31)32/h9-12,33H,1-8,19-20H2,(H,21,28)(H,22,29)(H,23,30)(H,24,25)(H,26,27)(H,31,32). The zero-order valence-corrected chi connectivity index (χ0v) is 18.8. The highest BCUT2D eigenvalue weighted by atomic mass is 32.1. The molecule has 0 aliphatic carbocycles. The van der Waals surface area contributed by atoms with Crippen molar-refractivity contribution in [2.75, 3.05) is 12.3 Å². The summed E-state index contributed by atoms with van der Waals surface area (Å²) < 4.78 is 0. The predicted molar refractivity (Wildman–Crippen MR) is 117 cm³/mol. The van der Waals surface area contributed by atoms with E-state index in [1.54, 1.807) is 0 Å². The monoisotopic (exact) mass is 493 g/mol. The van der Waals surface area contributed by atoms with Crippen LogP contribution in [0.5, 0.6) is 0 Å². The second-order valence-corrected chi connectivity index (χ2v) is 7.49. The van der Waals surface area contributed by atoms with Crippen molar-refractivity contribution in [3.63, 3.8) is 0 Å². The fourth-order valence-electron chi connectivity index (χ4n) is 2.59. The van der Waals surface area contributed by atoms with Crippen LogP contribution in [-0.2, 0) is 28.8 Å². The molecule has 3 amide bonds. The molecule has 0 bridgehead atoms. The number of aliphatic carboxylic acids is 3. The van der Waals surface area contributed by atoms with Gasteiger partial charge in [-0.1, -0.05) is 0 Å². The van der Waals surface area contributed by atoms with Crippen LogP contribution in [0.1, 0.15) is 38.5 Å². The van der Waals surface area contributed by atoms with Gasteiger partial charge in [-0.15, -0.1) is 0 Å². The van der Waals surface area contributed by atoms with Gasteiger partial charge in [0.15, 0.2) is 0 Å². The minimum atomic E-state index is -1.43. The average molecular weight is 494 g/mol. The minimum Gasteiger partial charge on any atom is -0.481 e. The van der Waals surface area contributed by atoms with Crippen molar-refractivity contribution < 1.29 is 44.1 Å². The van der Waals surface area contributed by atoms with E-state index in [1.165, 1.54) is 0 Å². The number of amides is 3. The van der Waals surface area contributed by atoms with E-state index in [-0.39, 0.29) is 18.6 Å². The summed E-state index contributed by atoms with van der Waals surface area (Å²) in [6, 6.07) is -5.44. The Labute approximate surface area is 195 Å². The van der Waals surface area contributed by atoms with Crippen LogP contribution in [0.3, 0.4) is 0 Å². The topological polar surface area (TPSA) is 251 Å². The van der Waals surface area contributed by atoms with Gasteiger partial charge in [-0.3, -0.25) is 24.0 Å². The first kappa shape index (κ1) is 30.1. The molecule has 0 spiro atoms. The van der Waals surface area contributed by atoms with Gasteiger partial charge in [0, 0.05) is 12.2 Å². The zero-order chi connectivity index (χ0) is 25.6. The highest BCUT2D eigenvalue weighted by Gasteiger charge is 2.30. The average Bonchev–Trinajstić information content (AvgIpc) is 2.72. The van der Waals surface area contributed by atoms with Crippen LogP contribution in [-0.4, -0.2) is 87.4 Å². The lowest BCUT2D eigenvalue weighted by Crippen LogP contribution is -2.57. The van der Waals surface area contributed by atoms with E-state index in [4.69, 9.17) is 26.8 Å². The molecule has 188 valence electrons. The maximum absolute atomic E-state index is 12.8. The Morgan fingerprint density at radius 1 is 0.758 bits per heavy atom. The molecular weight excluding hydrogens is 462 g/mol. The van der Waals surface area contributed by atoms with Crippen molar-refractivity contribution in [3.05, 3.63) is 0 Å². The van der Waals surface area contributed by atoms with E-state index in [2.05, 4.69) is 28.6 Å². The normalized spacial score (nSPS) is 14.3. The van der Waals surface area contributed by atoms with Crippen LogP contribution in [0, 0.1) is 0 Å². The molecule has 0 aliphatic rings. The SMILES string of the molecule is NCCCCC(NC(=O)C(N)CC(=O)O)C(=O)NC(CCC(=O)O)C(=O)NC(CS)C(=O)O. The van der Waals surface area contributed by atoms with E-state index >= 15 is 0 Å². The first-order valence-electron chi connectivity index (χ1n) is 10.1. The molecule has 4 unspecified atom stereocenters. The Morgan fingerprint density at radius 2 is 1.27 bits per heavy atom. The Hall–Kier alpha value is -2.91. The number of unbranched alkanes of at least 4 members (excludes halogenated alkanes) is 1. The maximum Gasteiger partial charge on any atom is 0.327 e. The molecule has 0 aromatic carbocycles. The molecule has 0 heterocycles. The van der Waals surface area contributed by atoms with Crippen molar-refractivity contribution in [1.29, 1.82) is 0 Å². The summed E-state index contributed by atoms with van der Waals surface area (Å²) in [5.41, 5.74) is 10.9. The Morgan fingerprint density at radius 3 is 1.73 bits per heavy atom. The van der Waals surface area contributed by atoms with E-state index in [1.807, 2.05) is 0 Å². The lowest BCUT2D eigenvalue weighted by molar-refractivity contribution is -0.142. The Balaban J connectivity index is 5.49. The summed E-state index contributed by atoms with van der Waals surface area (Å²) in [5, 5.41) is 33.6. The number of carboxylic acids is 3. The summed E-state index contributed by atoms with van der Waals surface area (Å²) in [5.74, 6) is -6.89. The maximum atomic E-state index is 12.8. The summed E-state index contributed by atoms with van der Waals surface area (Å²) in [7, 11) is 0. The van der Waals surface area contributed by atoms with Crippen LogP contribution in [0.2, 0.25) is 0 Å². The van der Waals surface area contributed by atoms with Gasteiger partial charge in [-0.25, -0.2) is 4.79 Å². The number of nitrogens with two attached hydrogens (primary N) is 2. The second-order valence-electron chi connectivity index (χ2n) is 7.13. The van der Waals surface area contributed by atoms with Gasteiger partial charge in [0.1, 0.15) is 18.1 Å². The minimum absolute atomic E-state index is 0.0796. The highest BCUT2D eigenvalue weighted by molar-refractivity contribution is 7.80. The summed E-state index contributed by atoms with van der Waals surface area (Å²) >= 11 is 3.82. The number of hydrogen-bond acceptors (Lipinski definition) is 9. The number of nitrogens with one attached hydrogen (secondary N) is 3. The van der Waals surface area contributed by atoms with E-state index in [0.717, 1.165) is 0 Å². The van der Waals surface area contributed by atoms with Crippen molar-refractivity contribution in [2.24, 2.45) is 11.5 Å². The highest BCUT2D eigenvalue weighted by Crippen LogP contribution is 2.06. The van der Waals surface area contributed by atoms with Gasteiger partial charge >= 0.3 is 17.9 Å². The van der Waals surface area contributed by atoms with Gasteiger partial charge in [0.2, 0.25) is 17.7 Å². The zero-order valence-electron chi connectivity index (χ0n) is 17.9. The first-order chi connectivity index (χ1) is 15.4. The molecule has 10 N–H and O–H groups in total. The smallest absolute Gasteiger partial charge is 0.327 e. The molecule has 0 aliphatic heterocycles. The van der Waals surface area contributed by atoms with Crippen LogP contribution < -0.4 is 27.4 Å². The van der Waals surface area contributed by atoms with Crippen LogP contribution >= 0.6 is 12.6 Å². The van der Waals surface area contributed by atoms with Gasteiger partial charge in [-0.2, -0.15) is 12.6 Å². The summed E-state index contributed by atoms with van der Waals surface area (Å²) in [4.78, 5) is 70.3. The molecular formula is C18H31N5O9S. The van der Waals surface area contributed by atoms with Crippen molar-refractivity contribution in [1.82, 2.24) is 16.0 Å². The number of carboxylic acid groups (broad SMARTS) is 3. The third-order valence-corrected chi connectivity index (χ3v) is 4.75. The number of carbonyl (C=O) groups is 6. The fourth-order valence-corrected chi connectivity index (χ4v) is 2.84. The second kappa shape index (κ2) is 15.8. The molecule has 14 nitrogen and oxygen atoms in total. The number of rotatable bonds is 17. The van der Waals surface area contributed by atoms with Crippen molar-refractivity contribution in [2.45, 2.75) is 62.7 Å². The van der Waals surface area contributed by atoms with E-state index < -0.39 is 72.6 Å². The number of thiol groups is 1. The number of hydrogen-bond donors (Lipinski definition) is 9. The van der Waals surface area contributed by atoms with Gasteiger partial charge in [-0.05, 0) is 32.2 Å². The van der Waals surface area contributed by atoms with Gasteiger partial charge in [0.25, 0.3) is 0 Å². The van der Waals surface area contributed by atoms with Gasteiger partial charge in [0.05, 0.1) is 12.5 Å². The first-order valence-corrected chi connectivity index (χ1v) is 10.7. The Bertz CT molecular complexity index is 721.